The normalized spacial score (nSPS) is 13.2. The van der Waals surface area contributed by atoms with Crippen LogP contribution < -0.4 is 24.4 Å². The molecule has 2 aromatic rings. The van der Waals surface area contributed by atoms with Gasteiger partial charge in [0.15, 0.2) is 12.4 Å². The molecule has 1 heterocycles. The molecule has 184 valence electrons. The number of piperazine rings is 1. The van der Waals surface area contributed by atoms with Crippen molar-refractivity contribution in [2.24, 2.45) is 0 Å². The summed E-state index contributed by atoms with van der Waals surface area (Å²) >= 11 is 6.01. The molecule has 1 saturated heterocycles. The molecule has 0 aliphatic carbocycles. The Hall–Kier alpha value is -3.50. The number of hydrogen-bond donors (Lipinski definition) is 2. The van der Waals surface area contributed by atoms with Crippen molar-refractivity contribution in [3.8, 4) is 17.2 Å². The number of ether oxygens (including phenoxy) is 3. The van der Waals surface area contributed by atoms with E-state index in [1.54, 1.807) is 7.11 Å². The van der Waals surface area contributed by atoms with Crippen LogP contribution in [0.15, 0.2) is 36.4 Å². The van der Waals surface area contributed by atoms with Crippen LogP contribution >= 0.6 is 11.6 Å². The van der Waals surface area contributed by atoms with E-state index in [1.165, 1.54) is 23.9 Å². The standard InChI is InChI=1S/C12H17ClN2O.C11H11NO6/c1-14-5-7-15(8-6-14)10-3-4-11(13)12(9-10)16-2;13-4-3-12-9-2-1-8(17-6-11(15)16)5-10(9)18-7-14/h3-4,9H,5-8H2,1-2H3;1-2,4-5,7,12H,3,6H2,(H,15,16). The molecule has 11 heteroatoms. The van der Waals surface area contributed by atoms with E-state index in [0.29, 0.717) is 17.0 Å². The summed E-state index contributed by atoms with van der Waals surface area (Å²) in [7, 11) is 3.80. The monoisotopic (exact) mass is 493 g/mol. The Morgan fingerprint density at radius 1 is 1.12 bits per heavy atom. The molecule has 1 aliphatic heterocycles. The fourth-order valence-electron chi connectivity index (χ4n) is 3.09. The largest absolute Gasteiger partial charge is 0.495 e. The van der Waals surface area contributed by atoms with Gasteiger partial charge in [0.1, 0.15) is 17.8 Å². The second-order valence-corrected chi connectivity index (χ2v) is 7.62. The van der Waals surface area contributed by atoms with Gasteiger partial charge >= 0.3 is 5.97 Å². The van der Waals surface area contributed by atoms with Gasteiger partial charge in [-0.15, -0.1) is 0 Å². The lowest BCUT2D eigenvalue weighted by atomic mass is 10.2. The maximum absolute atomic E-state index is 10.3. The molecule has 3 rings (SSSR count). The van der Waals surface area contributed by atoms with Crippen molar-refractivity contribution in [3.05, 3.63) is 41.4 Å². The first-order chi connectivity index (χ1) is 16.4. The molecule has 2 aromatic carbocycles. The van der Waals surface area contributed by atoms with Crippen LogP contribution in [0.2, 0.25) is 5.02 Å². The maximum Gasteiger partial charge on any atom is 0.341 e. The van der Waals surface area contributed by atoms with Crippen LogP contribution in [0.3, 0.4) is 0 Å². The fourth-order valence-corrected chi connectivity index (χ4v) is 3.29. The van der Waals surface area contributed by atoms with E-state index < -0.39 is 12.6 Å². The molecule has 0 amide bonds. The van der Waals surface area contributed by atoms with Gasteiger partial charge in [0.2, 0.25) is 0 Å². The van der Waals surface area contributed by atoms with Gasteiger partial charge in [-0.2, -0.15) is 0 Å². The van der Waals surface area contributed by atoms with E-state index in [-0.39, 0.29) is 24.5 Å². The van der Waals surface area contributed by atoms with Gasteiger partial charge in [-0.05, 0) is 31.3 Å². The third-order valence-electron chi connectivity index (χ3n) is 4.87. The highest BCUT2D eigenvalue weighted by atomic mass is 35.5. The molecular weight excluding hydrogens is 466 g/mol. The molecule has 0 bridgehead atoms. The Kier molecular flexibility index (Phi) is 10.9. The summed E-state index contributed by atoms with van der Waals surface area (Å²) in [5.74, 6) is 0.0229. The van der Waals surface area contributed by atoms with Gasteiger partial charge in [0, 0.05) is 44.0 Å². The van der Waals surface area contributed by atoms with Gasteiger partial charge in [0.25, 0.3) is 6.47 Å². The predicted molar refractivity (Wildman–Crippen MR) is 129 cm³/mol. The number of carbonyl (C=O) groups excluding carboxylic acids is 2. The van der Waals surface area contributed by atoms with Crippen molar-refractivity contribution in [2.45, 2.75) is 0 Å². The number of likely N-dealkylation sites (N-methyl/N-ethyl adjacent to an activating group) is 1. The number of rotatable bonds is 10. The number of methoxy groups -OCH3 is 1. The number of aliphatic carboxylic acids is 1. The molecular formula is C23H28ClN3O7. The Labute approximate surface area is 202 Å². The minimum absolute atomic E-state index is 0.0601. The second-order valence-electron chi connectivity index (χ2n) is 7.21. The third kappa shape index (κ3) is 8.45. The highest BCUT2D eigenvalue weighted by Crippen LogP contribution is 2.30. The zero-order valence-corrected chi connectivity index (χ0v) is 19.8. The predicted octanol–water partition coefficient (Wildman–Crippen LogP) is 2.40. The van der Waals surface area contributed by atoms with E-state index >= 15 is 0 Å². The second kappa shape index (κ2) is 13.9. The van der Waals surface area contributed by atoms with E-state index in [4.69, 9.17) is 30.9 Å². The number of benzene rings is 2. The van der Waals surface area contributed by atoms with Crippen LogP contribution in [0.25, 0.3) is 0 Å². The number of carbonyl (C=O) groups is 3. The third-order valence-corrected chi connectivity index (χ3v) is 5.18. The highest BCUT2D eigenvalue weighted by Gasteiger charge is 2.15. The van der Waals surface area contributed by atoms with Gasteiger partial charge in [0.05, 0.1) is 24.4 Å². The molecule has 34 heavy (non-hydrogen) atoms. The zero-order chi connectivity index (χ0) is 24.9. The smallest absolute Gasteiger partial charge is 0.341 e. The quantitative estimate of drug-likeness (QED) is 0.477. The van der Waals surface area contributed by atoms with Gasteiger partial charge in [-0.1, -0.05) is 11.6 Å². The number of nitrogens with zero attached hydrogens (tertiary/aromatic N) is 2. The van der Waals surface area contributed by atoms with Crippen molar-refractivity contribution in [2.75, 3.05) is 63.7 Å². The molecule has 2 N–H and O–H groups in total. The summed E-state index contributed by atoms with van der Waals surface area (Å²) in [4.78, 5) is 35.6. The molecule has 0 radical (unpaired) electrons. The number of nitrogens with one attached hydrogen (secondary N) is 1. The average molecular weight is 494 g/mol. The van der Waals surface area contributed by atoms with E-state index in [2.05, 4.69) is 28.2 Å². The van der Waals surface area contributed by atoms with Crippen LogP contribution in [0, 0.1) is 0 Å². The van der Waals surface area contributed by atoms with Gasteiger partial charge in [-0.3, -0.25) is 4.79 Å². The van der Waals surface area contributed by atoms with Crippen LogP contribution in [-0.4, -0.2) is 82.2 Å². The van der Waals surface area contributed by atoms with Crippen LogP contribution in [0.5, 0.6) is 17.2 Å². The minimum Gasteiger partial charge on any atom is -0.495 e. The molecule has 0 spiro atoms. The summed E-state index contributed by atoms with van der Waals surface area (Å²) in [6.45, 7) is 4.10. The lowest BCUT2D eigenvalue weighted by Gasteiger charge is -2.34. The van der Waals surface area contributed by atoms with Crippen LogP contribution in [-0.2, 0) is 14.4 Å². The number of aldehydes is 1. The average Bonchev–Trinajstić information content (AvgIpc) is 2.83. The molecule has 0 aromatic heterocycles. The summed E-state index contributed by atoms with van der Waals surface area (Å²) in [5.41, 5.74) is 1.62. The molecule has 0 unspecified atom stereocenters. The maximum atomic E-state index is 10.3. The number of carboxylic acids is 1. The Bertz CT molecular complexity index is 966. The molecule has 0 atom stereocenters. The van der Waals surface area contributed by atoms with E-state index in [9.17, 15) is 14.4 Å². The molecule has 1 aliphatic rings. The zero-order valence-electron chi connectivity index (χ0n) is 19.0. The lowest BCUT2D eigenvalue weighted by Crippen LogP contribution is -2.44. The van der Waals surface area contributed by atoms with E-state index in [0.717, 1.165) is 31.9 Å². The van der Waals surface area contributed by atoms with Gasteiger partial charge < -0.3 is 39.2 Å². The summed E-state index contributed by atoms with van der Waals surface area (Å²) in [6, 6.07) is 10.3. The van der Waals surface area contributed by atoms with Crippen LogP contribution in [0.4, 0.5) is 11.4 Å². The Morgan fingerprint density at radius 2 is 1.85 bits per heavy atom. The van der Waals surface area contributed by atoms with Crippen molar-refractivity contribution in [1.29, 1.82) is 0 Å². The fraction of sp³-hybridized carbons (Fsp3) is 0.348. The SMILES string of the molecule is COc1cc(N2CCN(C)CC2)ccc1Cl.O=CCNc1ccc(OCC(=O)O)cc1OC=O. The first kappa shape index (κ1) is 26.7. The number of hydrogen-bond acceptors (Lipinski definition) is 9. The Balaban J connectivity index is 0.000000241. The van der Waals surface area contributed by atoms with E-state index in [1.807, 2.05) is 12.1 Å². The lowest BCUT2D eigenvalue weighted by molar-refractivity contribution is -0.139. The minimum atomic E-state index is -1.11. The number of carboxylic acid groups (broad SMARTS) is 1. The summed E-state index contributed by atoms with van der Waals surface area (Å²) in [5, 5.41) is 11.8. The molecule has 1 fully saturated rings. The van der Waals surface area contributed by atoms with Crippen molar-refractivity contribution in [1.82, 2.24) is 4.90 Å². The number of anilines is 2. The van der Waals surface area contributed by atoms with Crippen LogP contribution in [0.1, 0.15) is 0 Å². The van der Waals surface area contributed by atoms with Crippen molar-refractivity contribution >= 4 is 41.7 Å². The topological polar surface area (TPSA) is 118 Å². The first-order valence-electron chi connectivity index (χ1n) is 10.4. The van der Waals surface area contributed by atoms with Gasteiger partial charge in [-0.25, -0.2) is 4.79 Å². The highest BCUT2D eigenvalue weighted by molar-refractivity contribution is 6.32. The first-order valence-corrected chi connectivity index (χ1v) is 10.8. The molecule has 0 saturated carbocycles. The van der Waals surface area contributed by atoms with Crippen molar-refractivity contribution in [3.63, 3.8) is 0 Å². The molecule has 10 nitrogen and oxygen atoms in total. The summed E-state index contributed by atoms with van der Waals surface area (Å²) < 4.78 is 14.8. The van der Waals surface area contributed by atoms with Crippen molar-refractivity contribution < 1.29 is 33.7 Å². The summed E-state index contributed by atoms with van der Waals surface area (Å²) in [6.07, 6.45) is 0.652. The Morgan fingerprint density at radius 3 is 2.47 bits per heavy atom. The number of halogens is 1.